The second-order valence-electron chi connectivity index (χ2n) is 4.80. The van der Waals surface area contributed by atoms with Crippen molar-refractivity contribution in [2.45, 2.75) is 33.1 Å². The van der Waals surface area contributed by atoms with Crippen LogP contribution in [-0.4, -0.2) is 30.9 Å². The molecule has 0 atom stereocenters. The van der Waals surface area contributed by atoms with E-state index in [4.69, 9.17) is 5.73 Å². The minimum Gasteiger partial charge on any atom is -0.345 e. The van der Waals surface area contributed by atoms with Crippen LogP contribution in [0.1, 0.15) is 33.1 Å². The molecular weight excluding hydrogens is 259 g/mol. The van der Waals surface area contributed by atoms with Gasteiger partial charge < -0.3 is 10.6 Å². The monoisotopic (exact) mass is 284 g/mol. The van der Waals surface area contributed by atoms with Gasteiger partial charge in [0.1, 0.15) is 0 Å². The number of allylic oxidation sites excluding steroid dienone is 1. The van der Waals surface area contributed by atoms with Gasteiger partial charge >= 0.3 is 0 Å². The molecule has 104 valence electrons. The van der Waals surface area contributed by atoms with Crippen LogP contribution in [-0.2, 0) is 4.79 Å². The molecule has 17 heavy (non-hydrogen) atoms. The van der Waals surface area contributed by atoms with E-state index in [2.05, 4.69) is 20.4 Å². The first-order valence-electron chi connectivity index (χ1n) is 5.48. The van der Waals surface area contributed by atoms with Crippen molar-refractivity contribution in [3.8, 4) is 0 Å². The zero-order valence-corrected chi connectivity index (χ0v) is 12.7. The SMILES string of the molecule is C=CCCCC(=O)N(C)CC(C)(C)CN.Cl.Cl. The van der Waals surface area contributed by atoms with Crippen LogP contribution in [0.2, 0.25) is 0 Å². The summed E-state index contributed by atoms with van der Waals surface area (Å²) in [6.07, 6.45) is 4.23. The Morgan fingerprint density at radius 2 is 1.94 bits per heavy atom. The zero-order chi connectivity index (χ0) is 11.9. The first kappa shape index (κ1) is 22.0. The molecule has 0 heterocycles. The third kappa shape index (κ3) is 10.6. The van der Waals surface area contributed by atoms with E-state index < -0.39 is 0 Å². The number of amides is 1. The molecule has 0 aliphatic rings. The largest absolute Gasteiger partial charge is 0.345 e. The van der Waals surface area contributed by atoms with Crippen LogP contribution in [0.25, 0.3) is 0 Å². The van der Waals surface area contributed by atoms with Crippen LogP contribution in [0.4, 0.5) is 0 Å². The average molecular weight is 285 g/mol. The number of rotatable bonds is 7. The maximum atomic E-state index is 11.7. The van der Waals surface area contributed by atoms with Crippen LogP contribution in [0.15, 0.2) is 12.7 Å². The van der Waals surface area contributed by atoms with Crippen molar-refractivity contribution in [3.05, 3.63) is 12.7 Å². The Morgan fingerprint density at radius 3 is 2.35 bits per heavy atom. The van der Waals surface area contributed by atoms with Crippen LogP contribution in [0, 0.1) is 5.41 Å². The Balaban J connectivity index is -0.000000980. The zero-order valence-electron chi connectivity index (χ0n) is 11.1. The van der Waals surface area contributed by atoms with Gasteiger partial charge in [0.05, 0.1) is 0 Å². The number of unbranched alkanes of at least 4 members (excludes halogenated alkanes) is 1. The van der Waals surface area contributed by atoms with E-state index >= 15 is 0 Å². The summed E-state index contributed by atoms with van der Waals surface area (Å²) < 4.78 is 0. The topological polar surface area (TPSA) is 46.3 Å². The maximum Gasteiger partial charge on any atom is 0.222 e. The number of hydrogen-bond donors (Lipinski definition) is 1. The lowest BCUT2D eigenvalue weighted by Gasteiger charge is -2.29. The van der Waals surface area contributed by atoms with Crippen LogP contribution in [0.3, 0.4) is 0 Å². The summed E-state index contributed by atoms with van der Waals surface area (Å²) in [6.45, 7) is 9.09. The quantitative estimate of drug-likeness (QED) is 0.577. The molecule has 1 amide bonds. The average Bonchev–Trinajstić information content (AvgIpc) is 2.17. The number of halogens is 2. The smallest absolute Gasteiger partial charge is 0.222 e. The van der Waals surface area contributed by atoms with E-state index in [1.165, 1.54) is 0 Å². The van der Waals surface area contributed by atoms with Crippen molar-refractivity contribution >= 4 is 30.7 Å². The summed E-state index contributed by atoms with van der Waals surface area (Å²) in [5, 5.41) is 0. The highest BCUT2D eigenvalue weighted by molar-refractivity contribution is 5.85. The molecule has 0 aromatic rings. The molecule has 0 bridgehead atoms. The van der Waals surface area contributed by atoms with Crippen molar-refractivity contribution in [1.82, 2.24) is 4.90 Å². The van der Waals surface area contributed by atoms with Crippen molar-refractivity contribution in [2.24, 2.45) is 11.1 Å². The van der Waals surface area contributed by atoms with E-state index in [1.807, 2.05) is 13.1 Å². The predicted octanol–water partition coefficient (Wildman–Crippen LogP) is 2.63. The Bertz CT molecular complexity index is 221. The predicted molar refractivity (Wildman–Crippen MR) is 79.0 cm³/mol. The summed E-state index contributed by atoms with van der Waals surface area (Å²) in [5.74, 6) is 0.193. The van der Waals surface area contributed by atoms with E-state index in [-0.39, 0.29) is 36.1 Å². The number of nitrogens with zero attached hydrogens (tertiary/aromatic N) is 1. The number of carbonyl (C=O) groups is 1. The second kappa shape index (κ2) is 10.9. The van der Waals surface area contributed by atoms with Crippen molar-refractivity contribution in [1.29, 1.82) is 0 Å². The fourth-order valence-corrected chi connectivity index (χ4v) is 1.38. The molecule has 2 N–H and O–H groups in total. The van der Waals surface area contributed by atoms with Gasteiger partial charge in [-0.3, -0.25) is 4.79 Å². The molecule has 0 saturated carbocycles. The van der Waals surface area contributed by atoms with Crippen molar-refractivity contribution in [3.63, 3.8) is 0 Å². The van der Waals surface area contributed by atoms with E-state index in [1.54, 1.807) is 4.90 Å². The molecule has 0 aliphatic heterocycles. The third-order valence-corrected chi connectivity index (χ3v) is 2.44. The lowest BCUT2D eigenvalue weighted by molar-refractivity contribution is -0.131. The highest BCUT2D eigenvalue weighted by atomic mass is 35.5. The number of hydrogen-bond acceptors (Lipinski definition) is 2. The first-order valence-corrected chi connectivity index (χ1v) is 5.48. The van der Waals surface area contributed by atoms with E-state index in [0.29, 0.717) is 13.0 Å². The van der Waals surface area contributed by atoms with Gasteiger partial charge in [-0.25, -0.2) is 0 Å². The van der Waals surface area contributed by atoms with Gasteiger partial charge in [-0.15, -0.1) is 31.4 Å². The lowest BCUT2D eigenvalue weighted by Crippen LogP contribution is -2.39. The molecule has 0 rings (SSSR count). The van der Waals surface area contributed by atoms with Gasteiger partial charge in [-0.05, 0) is 24.8 Å². The third-order valence-electron chi connectivity index (χ3n) is 2.44. The molecule has 0 aromatic carbocycles. The minimum atomic E-state index is 0. The molecule has 0 fully saturated rings. The van der Waals surface area contributed by atoms with Gasteiger partial charge in [0.2, 0.25) is 5.91 Å². The summed E-state index contributed by atoms with van der Waals surface area (Å²) >= 11 is 0. The fraction of sp³-hybridized carbons (Fsp3) is 0.750. The fourth-order valence-electron chi connectivity index (χ4n) is 1.38. The van der Waals surface area contributed by atoms with Gasteiger partial charge in [0.15, 0.2) is 0 Å². The Morgan fingerprint density at radius 1 is 1.41 bits per heavy atom. The highest BCUT2D eigenvalue weighted by Gasteiger charge is 2.20. The van der Waals surface area contributed by atoms with Gasteiger partial charge in [-0.2, -0.15) is 0 Å². The summed E-state index contributed by atoms with van der Waals surface area (Å²) in [6, 6.07) is 0. The lowest BCUT2D eigenvalue weighted by atomic mass is 9.93. The summed E-state index contributed by atoms with van der Waals surface area (Å²) in [7, 11) is 1.84. The van der Waals surface area contributed by atoms with Crippen molar-refractivity contribution < 1.29 is 4.79 Å². The second-order valence-corrected chi connectivity index (χ2v) is 4.80. The first-order chi connectivity index (χ1) is 6.93. The molecule has 0 radical (unpaired) electrons. The summed E-state index contributed by atoms with van der Waals surface area (Å²) in [5.41, 5.74) is 5.63. The Kier molecular flexibility index (Phi) is 14.1. The summed E-state index contributed by atoms with van der Waals surface area (Å²) in [4.78, 5) is 13.4. The van der Waals surface area contributed by atoms with E-state index in [0.717, 1.165) is 19.4 Å². The molecule has 5 heteroatoms. The van der Waals surface area contributed by atoms with E-state index in [9.17, 15) is 4.79 Å². The maximum absolute atomic E-state index is 11.7. The molecule has 0 saturated heterocycles. The molecule has 0 spiro atoms. The molecule has 0 unspecified atom stereocenters. The van der Waals surface area contributed by atoms with Gasteiger partial charge in [-0.1, -0.05) is 19.9 Å². The highest BCUT2D eigenvalue weighted by Crippen LogP contribution is 2.14. The van der Waals surface area contributed by atoms with Crippen LogP contribution in [0.5, 0.6) is 0 Å². The normalized spacial score (nSPS) is 9.88. The molecule has 3 nitrogen and oxygen atoms in total. The Labute approximate surface area is 118 Å². The number of nitrogens with two attached hydrogens (primary N) is 1. The van der Waals surface area contributed by atoms with Gasteiger partial charge in [0.25, 0.3) is 0 Å². The number of carbonyl (C=O) groups excluding carboxylic acids is 1. The van der Waals surface area contributed by atoms with Gasteiger partial charge in [0, 0.05) is 20.0 Å². The van der Waals surface area contributed by atoms with Crippen molar-refractivity contribution in [2.75, 3.05) is 20.1 Å². The van der Waals surface area contributed by atoms with Crippen LogP contribution >= 0.6 is 24.8 Å². The molecule has 0 aromatic heterocycles. The minimum absolute atomic E-state index is 0. The van der Waals surface area contributed by atoms with Crippen LogP contribution < -0.4 is 5.73 Å². The Hall–Kier alpha value is -0.250. The molecular formula is C12H26Cl2N2O. The molecule has 0 aliphatic carbocycles. The standard InChI is InChI=1S/C12H24N2O.2ClH/c1-5-6-7-8-11(15)14(4)10-12(2,3)9-13;;/h5H,1,6-10,13H2,2-4H3;2*1H.